The summed E-state index contributed by atoms with van der Waals surface area (Å²) in [4.78, 5) is 18.1. The molecule has 0 saturated heterocycles. The number of benzene rings is 2. The largest absolute Gasteiger partial charge is 0.353 e. The number of pyridine rings is 1. The number of aromatic nitrogens is 1. The fourth-order valence-electron chi connectivity index (χ4n) is 4.93. The van der Waals surface area contributed by atoms with Crippen LogP contribution in [0.2, 0.25) is 0 Å². The van der Waals surface area contributed by atoms with Gasteiger partial charge >= 0.3 is 0 Å². The summed E-state index contributed by atoms with van der Waals surface area (Å²) in [5, 5.41) is 4.23. The first-order chi connectivity index (χ1) is 15.5. The Morgan fingerprint density at radius 2 is 1.72 bits per heavy atom. The van der Waals surface area contributed by atoms with Gasteiger partial charge in [-0.3, -0.25) is 9.00 Å². The fraction of sp³-hybridized carbons (Fsp3) is 0.407. The molecule has 0 aliphatic heterocycles. The Bertz CT molecular complexity index is 1110. The van der Waals surface area contributed by atoms with E-state index in [0.29, 0.717) is 11.7 Å². The minimum atomic E-state index is -1.05. The summed E-state index contributed by atoms with van der Waals surface area (Å²) in [6.45, 7) is 2.13. The molecule has 2 aromatic carbocycles. The number of fused-ring (bicyclic) bond motifs is 1. The zero-order valence-corrected chi connectivity index (χ0v) is 19.8. The summed E-state index contributed by atoms with van der Waals surface area (Å²) >= 11 is 0. The molecule has 1 saturated carbocycles. The van der Waals surface area contributed by atoms with Crippen molar-refractivity contribution in [2.45, 2.75) is 57.2 Å². The Kier molecular flexibility index (Phi) is 7.36. The number of nitrogens with one attached hydrogen (secondary N) is 1. The molecule has 32 heavy (non-hydrogen) atoms. The lowest BCUT2D eigenvalue weighted by Gasteiger charge is -2.28. The lowest BCUT2D eigenvalue weighted by molar-refractivity contribution is -0.121. The molecule has 5 heteroatoms. The topological polar surface area (TPSA) is 59.1 Å². The molecular formula is C27H32N2O2S. The van der Waals surface area contributed by atoms with Gasteiger partial charge in [0.1, 0.15) is 0 Å². The second kappa shape index (κ2) is 10.4. The maximum Gasteiger partial charge on any atom is 0.224 e. The summed E-state index contributed by atoms with van der Waals surface area (Å²) in [6, 6.07) is 18.1. The van der Waals surface area contributed by atoms with Gasteiger partial charge in [-0.15, -0.1) is 0 Å². The van der Waals surface area contributed by atoms with E-state index in [2.05, 4.69) is 12.2 Å². The van der Waals surface area contributed by atoms with E-state index in [-0.39, 0.29) is 18.4 Å². The highest BCUT2D eigenvalue weighted by Gasteiger charge is 2.23. The van der Waals surface area contributed by atoms with Gasteiger partial charge in [-0.05, 0) is 42.9 Å². The fourth-order valence-corrected chi connectivity index (χ4v) is 5.65. The molecule has 0 spiro atoms. The number of carbonyl (C=O) groups is 1. The van der Waals surface area contributed by atoms with Gasteiger partial charge in [0.15, 0.2) is 0 Å². The molecule has 2 atom stereocenters. The van der Waals surface area contributed by atoms with E-state index in [1.54, 1.807) is 6.26 Å². The highest BCUT2D eigenvalue weighted by atomic mass is 32.2. The number of rotatable bonds is 7. The van der Waals surface area contributed by atoms with Crippen LogP contribution in [0.25, 0.3) is 22.2 Å². The van der Waals surface area contributed by atoms with E-state index in [4.69, 9.17) is 4.98 Å². The summed E-state index contributed by atoms with van der Waals surface area (Å²) < 4.78 is 12.3. The summed E-state index contributed by atoms with van der Waals surface area (Å²) in [5.41, 5.74) is 4.52. The summed E-state index contributed by atoms with van der Waals surface area (Å²) in [5.74, 6) is 0.967. The Hall–Kier alpha value is -2.53. The Morgan fingerprint density at radius 3 is 2.44 bits per heavy atom. The third-order valence-corrected chi connectivity index (χ3v) is 7.28. The van der Waals surface area contributed by atoms with Crippen LogP contribution in [0, 0.1) is 5.92 Å². The standard InChI is InChI=1S/C27H32N2O2S/c1-19(20-11-5-3-6-12-20)28-26(30)17-23-22-15-9-10-16-25(22)29-27(24(23)18-32(2)31)21-13-7-4-8-14-21/h4,7-10,13-16,19-20H,3,5-6,11-12,17-18H2,1-2H3,(H,28,30). The second-order valence-corrected chi connectivity index (χ2v) is 10.4. The SMILES string of the molecule is CC(NC(=O)Cc1c(CS(C)=O)c(-c2ccccc2)nc2ccccc12)C1CCCCC1. The summed E-state index contributed by atoms with van der Waals surface area (Å²) in [6.07, 6.45) is 8.18. The minimum absolute atomic E-state index is 0.0292. The van der Waals surface area contributed by atoms with Crippen molar-refractivity contribution >= 4 is 27.6 Å². The number of hydrogen-bond acceptors (Lipinski definition) is 3. The smallest absolute Gasteiger partial charge is 0.224 e. The third-order valence-electron chi connectivity index (χ3n) is 6.59. The molecule has 3 aromatic rings. The van der Waals surface area contributed by atoms with Crippen LogP contribution in [0.5, 0.6) is 0 Å². The first kappa shape index (κ1) is 22.7. The molecule has 1 aromatic heterocycles. The van der Waals surface area contributed by atoms with Gasteiger partial charge < -0.3 is 5.32 Å². The van der Waals surface area contributed by atoms with Gasteiger partial charge in [0.2, 0.25) is 5.91 Å². The van der Waals surface area contributed by atoms with Crippen molar-refractivity contribution in [3.63, 3.8) is 0 Å². The number of carbonyl (C=O) groups excluding carboxylic acids is 1. The van der Waals surface area contributed by atoms with E-state index in [0.717, 1.165) is 33.3 Å². The maximum atomic E-state index is 13.2. The number of hydrogen-bond donors (Lipinski definition) is 1. The maximum absolute atomic E-state index is 13.2. The van der Waals surface area contributed by atoms with Crippen LogP contribution in [0.3, 0.4) is 0 Å². The van der Waals surface area contributed by atoms with Crippen molar-refractivity contribution in [3.8, 4) is 11.3 Å². The first-order valence-electron chi connectivity index (χ1n) is 11.6. The average Bonchev–Trinajstić information content (AvgIpc) is 2.81. The van der Waals surface area contributed by atoms with Crippen molar-refractivity contribution in [1.29, 1.82) is 0 Å². The first-order valence-corrected chi connectivity index (χ1v) is 13.3. The molecule has 1 aliphatic carbocycles. The average molecular weight is 449 g/mol. The van der Waals surface area contributed by atoms with E-state index in [1.165, 1.54) is 32.1 Å². The molecule has 1 heterocycles. The van der Waals surface area contributed by atoms with E-state index < -0.39 is 10.8 Å². The minimum Gasteiger partial charge on any atom is -0.353 e. The predicted octanol–water partition coefficient (Wildman–Crippen LogP) is 5.41. The molecule has 1 aliphatic rings. The lowest BCUT2D eigenvalue weighted by Crippen LogP contribution is -2.39. The van der Waals surface area contributed by atoms with Crippen LogP contribution in [-0.4, -0.2) is 27.4 Å². The molecule has 4 rings (SSSR count). The molecule has 1 N–H and O–H groups in total. The van der Waals surface area contributed by atoms with Crippen LogP contribution in [0.4, 0.5) is 0 Å². The van der Waals surface area contributed by atoms with Gasteiger partial charge in [-0.2, -0.15) is 0 Å². The van der Waals surface area contributed by atoms with E-state index >= 15 is 0 Å². The van der Waals surface area contributed by atoms with Crippen molar-refractivity contribution in [3.05, 3.63) is 65.7 Å². The van der Waals surface area contributed by atoms with Crippen LogP contribution >= 0.6 is 0 Å². The molecule has 0 bridgehead atoms. The normalized spacial score (nSPS) is 16.6. The van der Waals surface area contributed by atoms with Crippen LogP contribution in [-0.2, 0) is 27.8 Å². The summed E-state index contributed by atoms with van der Waals surface area (Å²) in [7, 11) is -1.05. The number of amides is 1. The molecule has 4 nitrogen and oxygen atoms in total. The van der Waals surface area contributed by atoms with Gasteiger partial charge in [0.05, 0.1) is 23.4 Å². The number of para-hydroxylation sites is 1. The quantitative estimate of drug-likeness (QED) is 0.526. The van der Waals surface area contributed by atoms with Gasteiger partial charge in [0, 0.05) is 34.0 Å². The molecule has 1 fully saturated rings. The highest BCUT2D eigenvalue weighted by Crippen LogP contribution is 2.32. The molecular weight excluding hydrogens is 416 g/mol. The Morgan fingerprint density at radius 1 is 1.03 bits per heavy atom. The monoisotopic (exact) mass is 448 g/mol. The Balaban J connectivity index is 1.73. The predicted molar refractivity (Wildman–Crippen MR) is 133 cm³/mol. The zero-order valence-electron chi connectivity index (χ0n) is 19.0. The van der Waals surface area contributed by atoms with Gasteiger partial charge in [-0.25, -0.2) is 4.98 Å². The zero-order chi connectivity index (χ0) is 22.5. The van der Waals surface area contributed by atoms with Gasteiger partial charge in [-0.1, -0.05) is 67.8 Å². The van der Waals surface area contributed by atoms with Gasteiger partial charge in [0.25, 0.3) is 0 Å². The second-order valence-electron chi connectivity index (χ2n) is 8.95. The van der Waals surface area contributed by atoms with Crippen LogP contribution < -0.4 is 5.32 Å². The van der Waals surface area contributed by atoms with Crippen LogP contribution in [0.1, 0.15) is 50.2 Å². The molecule has 0 radical (unpaired) electrons. The third kappa shape index (κ3) is 5.26. The van der Waals surface area contributed by atoms with Crippen molar-refractivity contribution in [2.24, 2.45) is 5.92 Å². The molecule has 168 valence electrons. The van der Waals surface area contributed by atoms with E-state index in [9.17, 15) is 9.00 Å². The van der Waals surface area contributed by atoms with E-state index in [1.807, 2.05) is 54.6 Å². The Labute approximate surface area is 193 Å². The van der Waals surface area contributed by atoms with Crippen molar-refractivity contribution in [2.75, 3.05) is 6.26 Å². The van der Waals surface area contributed by atoms with Crippen molar-refractivity contribution in [1.82, 2.24) is 10.3 Å². The lowest BCUT2D eigenvalue weighted by atomic mass is 9.84. The molecule has 1 amide bonds. The van der Waals surface area contributed by atoms with Crippen molar-refractivity contribution < 1.29 is 9.00 Å². The highest BCUT2D eigenvalue weighted by molar-refractivity contribution is 7.83. The van der Waals surface area contributed by atoms with Crippen LogP contribution in [0.15, 0.2) is 54.6 Å². The molecule has 2 unspecified atom stereocenters. The number of nitrogens with zero attached hydrogens (tertiary/aromatic N) is 1.